The van der Waals surface area contributed by atoms with Crippen molar-refractivity contribution in [1.29, 1.82) is 0 Å². The Hall–Kier alpha value is -0.0800. The summed E-state index contributed by atoms with van der Waals surface area (Å²) in [5.41, 5.74) is 0. The van der Waals surface area contributed by atoms with E-state index in [0.29, 0.717) is 0 Å². The van der Waals surface area contributed by atoms with Crippen LogP contribution in [0.3, 0.4) is 0 Å². The number of rotatable bonds is 4. The summed E-state index contributed by atoms with van der Waals surface area (Å²) in [6, 6.07) is 2.68. The molecule has 16 heavy (non-hydrogen) atoms. The summed E-state index contributed by atoms with van der Waals surface area (Å²) in [6.07, 6.45) is 10.1. The Kier molecular flexibility index (Phi) is 3.21. The molecule has 3 rings (SSSR count). The van der Waals surface area contributed by atoms with E-state index in [9.17, 15) is 0 Å². The third-order valence-electron chi connectivity index (χ3n) is 4.75. The summed E-state index contributed by atoms with van der Waals surface area (Å²) in [7, 11) is 0. The van der Waals surface area contributed by atoms with E-state index in [1.807, 2.05) is 0 Å². The highest BCUT2D eigenvalue weighted by molar-refractivity contribution is 4.94. The molecule has 1 aliphatic heterocycles. The molecule has 2 nitrogen and oxygen atoms in total. The standard InChI is InChI=1S/C14H26N2/c1-11-4-5-14(9-11)16(13-6-7-13)10-12-3-2-8-15-12/h11-15H,2-10H2,1H3. The van der Waals surface area contributed by atoms with E-state index in [2.05, 4.69) is 17.1 Å². The molecule has 1 heterocycles. The molecule has 0 aromatic heterocycles. The van der Waals surface area contributed by atoms with Crippen LogP contribution in [0.2, 0.25) is 0 Å². The van der Waals surface area contributed by atoms with Crippen LogP contribution in [0.15, 0.2) is 0 Å². The van der Waals surface area contributed by atoms with Crippen LogP contribution in [-0.4, -0.2) is 36.1 Å². The molecular formula is C14H26N2. The first kappa shape index (κ1) is 11.0. The predicted molar refractivity (Wildman–Crippen MR) is 67.6 cm³/mol. The van der Waals surface area contributed by atoms with Gasteiger partial charge in [-0.2, -0.15) is 0 Å². The summed E-state index contributed by atoms with van der Waals surface area (Å²) in [4.78, 5) is 2.87. The van der Waals surface area contributed by atoms with Gasteiger partial charge >= 0.3 is 0 Å². The maximum Gasteiger partial charge on any atom is 0.0195 e. The maximum absolute atomic E-state index is 3.66. The Morgan fingerprint density at radius 3 is 2.44 bits per heavy atom. The smallest absolute Gasteiger partial charge is 0.0195 e. The molecular weight excluding hydrogens is 196 g/mol. The molecule has 1 N–H and O–H groups in total. The minimum absolute atomic E-state index is 0.802. The van der Waals surface area contributed by atoms with Gasteiger partial charge in [0.15, 0.2) is 0 Å². The normalized spacial score (nSPS) is 39.8. The zero-order valence-corrected chi connectivity index (χ0v) is 10.6. The largest absolute Gasteiger partial charge is 0.313 e. The number of nitrogens with zero attached hydrogens (tertiary/aromatic N) is 1. The van der Waals surface area contributed by atoms with Gasteiger partial charge in [-0.05, 0) is 57.4 Å². The second-order valence-corrected chi connectivity index (χ2v) is 6.29. The van der Waals surface area contributed by atoms with Gasteiger partial charge in [0.05, 0.1) is 0 Å². The van der Waals surface area contributed by atoms with Crippen LogP contribution in [0.4, 0.5) is 0 Å². The lowest BCUT2D eigenvalue weighted by Crippen LogP contribution is -2.43. The first-order valence-electron chi connectivity index (χ1n) is 7.32. The fraction of sp³-hybridized carbons (Fsp3) is 1.00. The lowest BCUT2D eigenvalue weighted by Gasteiger charge is -2.31. The summed E-state index contributed by atoms with van der Waals surface area (Å²) in [5.74, 6) is 0.975. The summed E-state index contributed by atoms with van der Waals surface area (Å²) in [5, 5.41) is 3.66. The monoisotopic (exact) mass is 222 g/mol. The van der Waals surface area contributed by atoms with E-state index < -0.39 is 0 Å². The average Bonchev–Trinajstić information content (AvgIpc) is 2.81. The first-order chi connectivity index (χ1) is 7.83. The first-order valence-corrected chi connectivity index (χ1v) is 7.32. The lowest BCUT2D eigenvalue weighted by molar-refractivity contribution is 0.169. The third-order valence-corrected chi connectivity index (χ3v) is 4.75. The molecule has 3 fully saturated rings. The Morgan fingerprint density at radius 2 is 1.88 bits per heavy atom. The van der Waals surface area contributed by atoms with Crippen molar-refractivity contribution in [3.05, 3.63) is 0 Å². The van der Waals surface area contributed by atoms with E-state index in [-0.39, 0.29) is 0 Å². The van der Waals surface area contributed by atoms with Crippen molar-refractivity contribution in [1.82, 2.24) is 10.2 Å². The number of nitrogens with one attached hydrogen (secondary N) is 1. The van der Waals surface area contributed by atoms with Crippen molar-refractivity contribution in [3.63, 3.8) is 0 Å². The zero-order valence-electron chi connectivity index (χ0n) is 10.6. The van der Waals surface area contributed by atoms with Crippen LogP contribution in [0.5, 0.6) is 0 Å². The predicted octanol–water partition coefficient (Wildman–Crippen LogP) is 2.39. The fourth-order valence-electron chi connectivity index (χ4n) is 3.65. The zero-order chi connectivity index (χ0) is 11.0. The van der Waals surface area contributed by atoms with Crippen molar-refractivity contribution in [2.45, 2.75) is 70.0 Å². The highest BCUT2D eigenvalue weighted by atomic mass is 15.2. The van der Waals surface area contributed by atoms with E-state index in [1.54, 1.807) is 0 Å². The molecule has 0 spiro atoms. The summed E-state index contributed by atoms with van der Waals surface area (Å²) >= 11 is 0. The van der Waals surface area contributed by atoms with Gasteiger partial charge in [-0.3, -0.25) is 4.90 Å². The number of hydrogen-bond acceptors (Lipinski definition) is 2. The molecule has 0 radical (unpaired) electrons. The van der Waals surface area contributed by atoms with Gasteiger partial charge in [-0.25, -0.2) is 0 Å². The molecule has 0 aromatic rings. The molecule has 0 aromatic carbocycles. The van der Waals surface area contributed by atoms with Crippen molar-refractivity contribution < 1.29 is 0 Å². The quantitative estimate of drug-likeness (QED) is 0.786. The van der Waals surface area contributed by atoms with E-state index >= 15 is 0 Å². The van der Waals surface area contributed by atoms with Gasteiger partial charge < -0.3 is 5.32 Å². The third kappa shape index (κ3) is 2.43. The summed E-state index contributed by atoms with van der Waals surface area (Å²) in [6.45, 7) is 5.02. The Balaban J connectivity index is 1.57. The molecule has 92 valence electrons. The molecule has 0 bridgehead atoms. The molecule has 3 aliphatic rings. The molecule has 2 saturated carbocycles. The SMILES string of the molecule is CC1CCC(N(CC2CCCN2)C2CC2)C1. The maximum atomic E-state index is 3.66. The topological polar surface area (TPSA) is 15.3 Å². The highest BCUT2D eigenvalue weighted by Crippen LogP contribution is 2.36. The minimum atomic E-state index is 0.802. The number of hydrogen-bond donors (Lipinski definition) is 1. The van der Waals surface area contributed by atoms with Gasteiger partial charge in [0.25, 0.3) is 0 Å². The van der Waals surface area contributed by atoms with Crippen molar-refractivity contribution in [3.8, 4) is 0 Å². The van der Waals surface area contributed by atoms with Crippen LogP contribution in [0, 0.1) is 5.92 Å². The molecule has 2 aliphatic carbocycles. The Morgan fingerprint density at radius 1 is 1.06 bits per heavy atom. The van der Waals surface area contributed by atoms with Crippen LogP contribution >= 0.6 is 0 Å². The van der Waals surface area contributed by atoms with Crippen LogP contribution in [0.25, 0.3) is 0 Å². The highest BCUT2D eigenvalue weighted by Gasteiger charge is 2.37. The van der Waals surface area contributed by atoms with Crippen molar-refractivity contribution in [2.75, 3.05) is 13.1 Å². The Bertz CT molecular complexity index is 231. The second kappa shape index (κ2) is 4.66. The second-order valence-electron chi connectivity index (χ2n) is 6.29. The Labute approximate surface area is 99.8 Å². The van der Waals surface area contributed by atoms with Gasteiger partial charge in [0, 0.05) is 24.7 Å². The molecule has 3 unspecified atom stereocenters. The van der Waals surface area contributed by atoms with Gasteiger partial charge in [0.1, 0.15) is 0 Å². The van der Waals surface area contributed by atoms with Gasteiger partial charge in [0.2, 0.25) is 0 Å². The fourth-order valence-corrected chi connectivity index (χ4v) is 3.65. The lowest BCUT2D eigenvalue weighted by atomic mass is 10.1. The van der Waals surface area contributed by atoms with Gasteiger partial charge in [-0.15, -0.1) is 0 Å². The van der Waals surface area contributed by atoms with E-state index in [1.165, 1.54) is 58.0 Å². The molecule has 1 saturated heterocycles. The minimum Gasteiger partial charge on any atom is -0.313 e. The van der Waals surface area contributed by atoms with Gasteiger partial charge in [-0.1, -0.05) is 6.92 Å². The van der Waals surface area contributed by atoms with Crippen LogP contribution in [-0.2, 0) is 0 Å². The molecule has 3 atom stereocenters. The van der Waals surface area contributed by atoms with Crippen molar-refractivity contribution >= 4 is 0 Å². The summed E-state index contributed by atoms with van der Waals surface area (Å²) < 4.78 is 0. The van der Waals surface area contributed by atoms with Crippen molar-refractivity contribution in [2.24, 2.45) is 5.92 Å². The van der Waals surface area contributed by atoms with E-state index in [0.717, 1.165) is 24.0 Å². The van der Waals surface area contributed by atoms with E-state index in [4.69, 9.17) is 0 Å². The molecule has 2 heteroatoms. The van der Waals surface area contributed by atoms with Crippen LogP contribution < -0.4 is 5.32 Å². The molecule has 0 amide bonds. The van der Waals surface area contributed by atoms with Crippen LogP contribution in [0.1, 0.15) is 51.9 Å². The average molecular weight is 222 g/mol.